The van der Waals surface area contributed by atoms with Gasteiger partial charge in [0.25, 0.3) is 11.8 Å². The van der Waals surface area contributed by atoms with E-state index in [9.17, 15) is 14.4 Å². The zero-order valence-corrected chi connectivity index (χ0v) is 15.1. The molecule has 0 unspecified atom stereocenters. The van der Waals surface area contributed by atoms with E-state index >= 15 is 0 Å². The van der Waals surface area contributed by atoms with E-state index in [2.05, 4.69) is 5.32 Å². The molecule has 5 nitrogen and oxygen atoms in total. The fourth-order valence-corrected chi connectivity index (χ4v) is 3.38. The van der Waals surface area contributed by atoms with Crippen LogP contribution in [-0.2, 0) is 0 Å². The summed E-state index contributed by atoms with van der Waals surface area (Å²) in [6.45, 7) is 1.77. The number of nitrogens with zero attached hydrogens (tertiary/aromatic N) is 1. The first kappa shape index (κ1) is 17.0. The highest BCUT2D eigenvalue weighted by atomic mass is 16.2. The summed E-state index contributed by atoms with van der Waals surface area (Å²) in [5.41, 5.74) is 2.58. The van der Waals surface area contributed by atoms with Gasteiger partial charge in [0.1, 0.15) is 0 Å². The number of benzene rings is 3. The van der Waals surface area contributed by atoms with Crippen LogP contribution in [0.4, 0.5) is 11.4 Å². The number of imide groups is 1. The quantitative estimate of drug-likeness (QED) is 0.558. The molecule has 1 heterocycles. The second-order valence-corrected chi connectivity index (χ2v) is 6.48. The smallest absolute Gasteiger partial charge is 0.266 e. The zero-order chi connectivity index (χ0) is 19.1. The third-order valence-electron chi connectivity index (χ3n) is 4.90. The molecule has 0 fully saturated rings. The predicted octanol–water partition coefficient (Wildman–Crippen LogP) is 4.27. The number of carbonyl (C=O) groups is 3. The van der Waals surface area contributed by atoms with Gasteiger partial charge in [0.15, 0.2) is 5.78 Å². The van der Waals surface area contributed by atoms with Crippen molar-refractivity contribution in [2.24, 2.45) is 0 Å². The van der Waals surface area contributed by atoms with E-state index in [0.29, 0.717) is 23.2 Å². The standard InChI is InChI=1S/C22H18N2O3/c1-3-20(25)15-6-9-18-19(12-15)22(27)24(21(18)26)17-8-5-13-10-16(23-2)7-4-14(13)11-17/h4-12,23H,3H2,1-2H3. The lowest BCUT2D eigenvalue weighted by Crippen LogP contribution is -2.29. The van der Waals surface area contributed by atoms with E-state index in [1.807, 2.05) is 37.4 Å². The van der Waals surface area contributed by atoms with Gasteiger partial charge in [0.2, 0.25) is 0 Å². The van der Waals surface area contributed by atoms with Crippen molar-refractivity contribution in [1.29, 1.82) is 0 Å². The molecule has 3 aromatic rings. The SMILES string of the molecule is CCC(=O)c1ccc2c(c1)C(=O)N(c1ccc3cc(NC)ccc3c1)C2=O. The first-order chi connectivity index (χ1) is 13.0. The molecule has 0 aromatic heterocycles. The molecule has 0 saturated heterocycles. The molecule has 0 saturated carbocycles. The molecule has 5 heteroatoms. The first-order valence-electron chi connectivity index (χ1n) is 8.81. The molecule has 134 valence electrons. The molecule has 0 atom stereocenters. The van der Waals surface area contributed by atoms with Crippen molar-refractivity contribution in [3.63, 3.8) is 0 Å². The summed E-state index contributed by atoms with van der Waals surface area (Å²) in [6, 6.07) is 16.1. The van der Waals surface area contributed by atoms with Crippen molar-refractivity contribution in [1.82, 2.24) is 0 Å². The van der Waals surface area contributed by atoms with Gasteiger partial charge in [-0.1, -0.05) is 25.1 Å². The van der Waals surface area contributed by atoms with E-state index in [0.717, 1.165) is 16.5 Å². The van der Waals surface area contributed by atoms with Gasteiger partial charge in [-0.15, -0.1) is 0 Å². The van der Waals surface area contributed by atoms with Crippen molar-refractivity contribution in [2.45, 2.75) is 13.3 Å². The second kappa shape index (κ2) is 6.36. The van der Waals surface area contributed by atoms with Crippen molar-refractivity contribution in [3.05, 3.63) is 71.3 Å². The number of nitrogens with one attached hydrogen (secondary N) is 1. The van der Waals surface area contributed by atoms with Gasteiger partial charge in [0, 0.05) is 24.7 Å². The number of anilines is 2. The van der Waals surface area contributed by atoms with Crippen molar-refractivity contribution in [3.8, 4) is 0 Å². The third kappa shape index (κ3) is 2.68. The lowest BCUT2D eigenvalue weighted by atomic mass is 10.0. The average molecular weight is 358 g/mol. The number of Topliss-reactive ketones (excluding diaryl/α,β-unsaturated/α-hetero) is 1. The van der Waals surface area contributed by atoms with Crippen molar-refractivity contribution >= 4 is 39.7 Å². The van der Waals surface area contributed by atoms with Gasteiger partial charge in [-0.05, 0) is 47.2 Å². The maximum absolute atomic E-state index is 12.9. The zero-order valence-electron chi connectivity index (χ0n) is 15.1. The van der Waals surface area contributed by atoms with Gasteiger partial charge >= 0.3 is 0 Å². The molecule has 2 amide bonds. The number of ketones is 1. The van der Waals surface area contributed by atoms with Crippen LogP contribution in [0, 0.1) is 0 Å². The number of hydrogen-bond donors (Lipinski definition) is 1. The Balaban J connectivity index is 1.76. The Labute approximate surface area is 156 Å². The molecule has 1 N–H and O–H groups in total. The van der Waals surface area contributed by atoms with Crippen LogP contribution >= 0.6 is 0 Å². The molecular weight excluding hydrogens is 340 g/mol. The van der Waals surface area contributed by atoms with Crippen LogP contribution < -0.4 is 10.2 Å². The summed E-state index contributed by atoms with van der Waals surface area (Å²) in [6.07, 6.45) is 0.351. The Kier molecular flexibility index (Phi) is 4.00. The topological polar surface area (TPSA) is 66.5 Å². The summed E-state index contributed by atoms with van der Waals surface area (Å²) in [7, 11) is 1.85. The van der Waals surface area contributed by atoms with Crippen LogP contribution in [0.15, 0.2) is 54.6 Å². The molecule has 3 aromatic carbocycles. The summed E-state index contributed by atoms with van der Waals surface area (Å²) >= 11 is 0. The van der Waals surface area contributed by atoms with Crippen LogP contribution in [0.2, 0.25) is 0 Å². The molecule has 0 aliphatic carbocycles. The highest BCUT2D eigenvalue weighted by Gasteiger charge is 2.37. The van der Waals surface area contributed by atoms with Crippen LogP contribution in [0.5, 0.6) is 0 Å². The van der Waals surface area contributed by atoms with E-state index in [1.165, 1.54) is 11.0 Å². The molecule has 4 rings (SSSR count). The Bertz CT molecular complexity index is 1120. The van der Waals surface area contributed by atoms with Crippen LogP contribution in [0.3, 0.4) is 0 Å². The lowest BCUT2D eigenvalue weighted by Gasteiger charge is -2.15. The minimum atomic E-state index is -0.396. The fraction of sp³-hybridized carbons (Fsp3) is 0.136. The van der Waals surface area contributed by atoms with Gasteiger partial charge in [0.05, 0.1) is 16.8 Å². The minimum absolute atomic E-state index is 0.0532. The van der Waals surface area contributed by atoms with E-state index in [4.69, 9.17) is 0 Å². The molecule has 0 bridgehead atoms. The summed E-state index contributed by atoms with van der Waals surface area (Å²) in [4.78, 5) is 38.8. The molecule has 0 radical (unpaired) electrons. The van der Waals surface area contributed by atoms with Gasteiger partial charge in [-0.3, -0.25) is 14.4 Å². The van der Waals surface area contributed by atoms with E-state index in [-0.39, 0.29) is 17.3 Å². The maximum atomic E-state index is 12.9. The van der Waals surface area contributed by atoms with Crippen LogP contribution in [0.25, 0.3) is 10.8 Å². The Morgan fingerprint density at radius 2 is 1.59 bits per heavy atom. The minimum Gasteiger partial charge on any atom is -0.388 e. The fourth-order valence-electron chi connectivity index (χ4n) is 3.38. The van der Waals surface area contributed by atoms with E-state index in [1.54, 1.807) is 25.1 Å². The van der Waals surface area contributed by atoms with Crippen molar-refractivity contribution in [2.75, 3.05) is 17.3 Å². The highest BCUT2D eigenvalue weighted by Crippen LogP contribution is 2.32. The number of hydrogen-bond acceptors (Lipinski definition) is 4. The van der Waals surface area contributed by atoms with Crippen LogP contribution in [0.1, 0.15) is 44.4 Å². The lowest BCUT2D eigenvalue weighted by molar-refractivity contribution is 0.0925. The third-order valence-corrected chi connectivity index (χ3v) is 4.90. The normalized spacial score (nSPS) is 13.2. The molecule has 1 aliphatic rings. The molecule has 0 spiro atoms. The molecule has 27 heavy (non-hydrogen) atoms. The number of amides is 2. The number of rotatable bonds is 4. The number of fused-ring (bicyclic) bond motifs is 2. The summed E-state index contributed by atoms with van der Waals surface area (Å²) in [5, 5.41) is 5.03. The molecular formula is C22H18N2O3. The predicted molar refractivity (Wildman–Crippen MR) is 106 cm³/mol. The maximum Gasteiger partial charge on any atom is 0.266 e. The van der Waals surface area contributed by atoms with Gasteiger partial charge in [-0.25, -0.2) is 4.90 Å². The number of carbonyl (C=O) groups excluding carboxylic acids is 3. The Hall–Kier alpha value is -3.47. The molecule has 1 aliphatic heterocycles. The highest BCUT2D eigenvalue weighted by molar-refractivity contribution is 6.35. The monoisotopic (exact) mass is 358 g/mol. The van der Waals surface area contributed by atoms with E-state index < -0.39 is 5.91 Å². The summed E-state index contributed by atoms with van der Waals surface area (Å²) in [5.74, 6) is -0.814. The van der Waals surface area contributed by atoms with Crippen LogP contribution in [-0.4, -0.2) is 24.6 Å². The van der Waals surface area contributed by atoms with Gasteiger partial charge < -0.3 is 5.32 Å². The summed E-state index contributed by atoms with van der Waals surface area (Å²) < 4.78 is 0. The van der Waals surface area contributed by atoms with Gasteiger partial charge in [-0.2, -0.15) is 0 Å². The Morgan fingerprint density at radius 3 is 2.33 bits per heavy atom. The largest absolute Gasteiger partial charge is 0.388 e. The Morgan fingerprint density at radius 1 is 0.889 bits per heavy atom. The first-order valence-corrected chi connectivity index (χ1v) is 8.81. The average Bonchev–Trinajstić information content (AvgIpc) is 2.96. The second-order valence-electron chi connectivity index (χ2n) is 6.48. The van der Waals surface area contributed by atoms with Crippen molar-refractivity contribution < 1.29 is 14.4 Å².